The van der Waals surface area contributed by atoms with Gasteiger partial charge in [0, 0.05) is 46.0 Å². The monoisotopic (exact) mass is 258 g/mol. The molecule has 0 aromatic rings. The Balaban J connectivity index is 2.37. The second kappa shape index (κ2) is 8.86. The van der Waals surface area contributed by atoms with E-state index in [4.69, 9.17) is 9.47 Å². The summed E-state index contributed by atoms with van der Waals surface area (Å²) in [5, 5.41) is 3.68. The van der Waals surface area contributed by atoms with Crippen LogP contribution in [0.2, 0.25) is 0 Å². The van der Waals surface area contributed by atoms with Crippen molar-refractivity contribution in [1.29, 1.82) is 0 Å². The molecule has 1 unspecified atom stereocenters. The maximum atomic E-state index is 5.21. The number of piperidine rings is 1. The van der Waals surface area contributed by atoms with Gasteiger partial charge in [-0.25, -0.2) is 0 Å². The van der Waals surface area contributed by atoms with Crippen LogP contribution in [-0.2, 0) is 9.47 Å². The summed E-state index contributed by atoms with van der Waals surface area (Å²) in [6.07, 6.45) is 5.04. The van der Waals surface area contributed by atoms with Crippen LogP contribution in [0.1, 0.15) is 32.6 Å². The molecule has 4 nitrogen and oxygen atoms in total. The molecule has 1 N–H and O–H groups in total. The molecular formula is C14H30N2O2. The van der Waals surface area contributed by atoms with Crippen LogP contribution in [0.5, 0.6) is 0 Å². The molecule has 0 radical (unpaired) electrons. The number of nitrogens with one attached hydrogen (secondary N) is 1. The Hall–Kier alpha value is -0.160. The summed E-state index contributed by atoms with van der Waals surface area (Å²) < 4.78 is 10.3. The first-order valence-electron chi connectivity index (χ1n) is 7.15. The zero-order valence-electron chi connectivity index (χ0n) is 12.3. The normalized spacial score (nSPS) is 24.7. The van der Waals surface area contributed by atoms with E-state index in [-0.39, 0.29) is 5.54 Å². The van der Waals surface area contributed by atoms with Crippen LogP contribution in [0.15, 0.2) is 0 Å². The Morgan fingerprint density at radius 3 is 2.50 bits per heavy atom. The van der Waals surface area contributed by atoms with E-state index in [2.05, 4.69) is 17.1 Å². The summed E-state index contributed by atoms with van der Waals surface area (Å²) >= 11 is 0. The first kappa shape index (κ1) is 15.9. The molecule has 1 atom stereocenters. The maximum absolute atomic E-state index is 5.21. The van der Waals surface area contributed by atoms with Crippen molar-refractivity contribution in [2.45, 2.75) is 38.1 Å². The lowest BCUT2D eigenvalue weighted by Crippen LogP contribution is -2.54. The van der Waals surface area contributed by atoms with E-state index in [1.807, 2.05) is 0 Å². The van der Waals surface area contributed by atoms with E-state index in [0.29, 0.717) is 0 Å². The Labute approximate surface area is 112 Å². The predicted molar refractivity (Wildman–Crippen MR) is 75.1 cm³/mol. The molecule has 1 saturated heterocycles. The largest absolute Gasteiger partial charge is 0.385 e. The van der Waals surface area contributed by atoms with Gasteiger partial charge in [0.15, 0.2) is 0 Å². The lowest BCUT2D eigenvalue weighted by Gasteiger charge is -2.39. The Morgan fingerprint density at radius 2 is 1.89 bits per heavy atom. The number of hydrogen-bond acceptors (Lipinski definition) is 4. The van der Waals surface area contributed by atoms with Crippen molar-refractivity contribution < 1.29 is 9.47 Å². The fourth-order valence-electron chi connectivity index (χ4n) is 2.67. The van der Waals surface area contributed by atoms with Gasteiger partial charge in [0.2, 0.25) is 0 Å². The second-order valence-corrected chi connectivity index (χ2v) is 5.56. The fourth-order valence-corrected chi connectivity index (χ4v) is 2.67. The highest BCUT2D eigenvalue weighted by molar-refractivity contribution is 4.89. The minimum absolute atomic E-state index is 0.277. The van der Waals surface area contributed by atoms with Crippen molar-refractivity contribution in [3.8, 4) is 0 Å². The molecule has 0 saturated carbocycles. The molecule has 0 aromatic heterocycles. The van der Waals surface area contributed by atoms with Gasteiger partial charge in [-0.05, 0) is 32.7 Å². The SMILES string of the molecule is COCCCN(CCOC)CC1(C)CCCCN1. The smallest absolute Gasteiger partial charge is 0.0589 e. The standard InChI is InChI=1S/C14H30N2O2/c1-14(7-4-5-8-15-14)13-16(10-12-18-3)9-6-11-17-2/h15H,4-13H2,1-3H3. The molecule has 18 heavy (non-hydrogen) atoms. The van der Waals surface area contributed by atoms with Gasteiger partial charge in [0.1, 0.15) is 0 Å². The molecule has 4 heteroatoms. The van der Waals surface area contributed by atoms with E-state index < -0.39 is 0 Å². The van der Waals surface area contributed by atoms with Crippen LogP contribution < -0.4 is 5.32 Å². The minimum Gasteiger partial charge on any atom is -0.385 e. The third-order valence-electron chi connectivity index (χ3n) is 3.71. The third-order valence-corrected chi connectivity index (χ3v) is 3.71. The Kier molecular flexibility index (Phi) is 7.82. The van der Waals surface area contributed by atoms with Gasteiger partial charge in [-0.3, -0.25) is 4.90 Å². The number of hydrogen-bond donors (Lipinski definition) is 1. The van der Waals surface area contributed by atoms with Crippen molar-refractivity contribution in [1.82, 2.24) is 10.2 Å². The first-order valence-corrected chi connectivity index (χ1v) is 7.15. The average molecular weight is 258 g/mol. The van der Waals surface area contributed by atoms with E-state index in [1.165, 1.54) is 19.3 Å². The van der Waals surface area contributed by atoms with Gasteiger partial charge < -0.3 is 14.8 Å². The van der Waals surface area contributed by atoms with Crippen molar-refractivity contribution in [2.75, 3.05) is 53.6 Å². The van der Waals surface area contributed by atoms with Crippen molar-refractivity contribution in [2.24, 2.45) is 0 Å². The predicted octanol–water partition coefficient (Wildman–Crippen LogP) is 1.50. The van der Waals surface area contributed by atoms with Crippen LogP contribution in [0.25, 0.3) is 0 Å². The van der Waals surface area contributed by atoms with Gasteiger partial charge in [0.25, 0.3) is 0 Å². The fraction of sp³-hybridized carbons (Fsp3) is 1.00. The van der Waals surface area contributed by atoms with Gasteiger partial charge in [-0.15, -0.1) is 0 Å². The molecule has 0 aromatic carbocycles. The maximum Gasteiger partial charge on any atom is 0.0589 e. The summed E-state index contributed by atoms with van der Waals surface area (Å²) in [7, 11) is 3.54. The van der Waals surface area contributed by atoms with E-state index in [0.717, 1.165) is 45.8 Å². The highest BCUT2D eigenvalue weighted by Gasteiger charge is 2.28. The molecule has 0 bridgehead atoms. The van der Waals surface area contributed by atoms with Crippen LogP contribution in [-0.4, -0.2) is 64.1 Å². The van der Waals surface area contributed by atoms with Crippen LogP contribution in [0.3, 0.4) is 0 Å². The first-order chi connectivity index (χ1) is 8.70. The van der Waals surface area contributed by atoms with Gasteiger partial charge in [-0.1, -0.05) is 6.42 Å². The van der Waals surface area contributed by atoms with Crippen LogP contribution in [0, 0.1) is 0 Å². The number of rotatable bonds is 9. The highest BCUT2D eigenvalue weighted by atomic mass is 16.5. The van der Waals surface area contributed by atoms with Gasteiger partial charge in [0.05, 0.1) is 6.61 Å². The van der Waals surface area contributed by atoms with Crippen molar-refractivity contribution >= 4 is 0 Å². The lowest BCUT2D eigenvalue weighted by atomic mass is 9.90. The minimum atomic E-state index is 0.277. The molecule has 1 aliphatic rings. The third kappa shape index (κ3) is 6.14. The molecule has 1 heterocycles. The molecule has 1 rings (SSSR count). The average Bonchev–Trinajstić information content (AvgIpc) is 2.36. The number of ether oxygens (including phenoxy) is 2. The molecule has 0 spiro atoms. The summed E-state index contributed by atoms with van der Waals surface area (Å²) in [5.74, 6) is 0. The molecule has 108 valence electrons. The number of nitrogens with zero attached hydrogens (tertiary/aromatic N) is 1. The zero-order chi connectivity index (χ0) is 13.3. The molecule has 1 fully saturated rings. The topological polar surface area (TPSA) is 33.7 Å². The van der Waals surface area contributed by atoms with Crippen molar-refractivity contribution in [3.05, 3.63) is 0 Å². The van der Waals surface area contributed by atoms with E-state index in [9.17, 15) is 0 Å². The highest BCUT2D eigenvalue weighted by Crippen LogP contribution is 2.20. The molecule has 0 amide bonds. The molecule has 1 aliphatic heterocycles. The summed E-state index contributed by atoms with van der Waals surface area (Å²) in [4.78, 5) is 2.50. The summed E-state index contributed by atoms with van der Waals surface area (Å²) in [6.45, 7) is 8.37. The Morgan fingerprint density at radius 1 is 1.11 bits per heavy atom. The van der Waals surface area contributed by atoms with E-state index >= 15 is 0 Å². The van der Waals surface area contributed by atoms with E-state index in [1.54, 1.807) is 14.2 Å². The van der Waals surface area contributed by atoms with Crippen LogP contribution in [0.4, 0.5) is 0 Å². The lowest BCUT2D eigenvalue weighted by molar-refractivity contribution is 0.104. The summed E-state index contributed by atoms with van der Waals surface area (Å²) in [5.41, 5.74) is 0.277. The second-order valence-electron chi connectivity index (χ2n) is 5.56. The van der Waals surface area contributed by atoms with Crippen molar-refractivity contribution in [3.63, 3.8) is 0 Å². The zero-order valence-corrected chi connectivity index (χ0v) is 12.3. The Bertz CT molecular complexity index is 206. The van der Waals surface area contributed by atoms with Gasteiger partial charge >= 0.3 is 0 Å². The number of methoxy groups -OCH3 is 2. The molecule has 0 aliphatic carbocycles. The summed E-state index contributed by atoms with van der Waals surface area (Å²) in [6, 6.07) is 0. The molecular weight excluding hydrogens is 228 g/mol. The van der Waals surface area contributed by atoms with Crippen LogP contribution >= 0.6 is 0 Å². The quantitative estimate of drug-likeness (QED) is 0.636. The van der Waals surface area contributed by atoms with Gasteiger partial charge in [-0.2, -0.15) is 0 Å².